The molecule has 2 unspecified atom stereocenters. The van der Waals surface area contributed by atoms with Crippen LogP contribution in [0.2, 0.25) is 0 Å². The molecule has 1 saturated heterocycles. The van der Waals surface area contributed by atoms with Gasteiger partial charge in [0, 0.05) is 39.4 Å². The number of aliphatic imine (C=N–C) groups is 1. The Balaban J connectivity index is 0.00000242. The van der Waals surface area contributed by atoms with Crippen molar-refractivity contribution in [2.45, 2.75) is 58.4 Å². The number of halogens is 1. The fourth-order valence-corrected chi connectivity index (χ4v) is 3.22. The second kappa shape index (κ2) is 10.7. The van der Waals surface area contributed by atoms with Gasteiger partial charge in [-0.3, -0.25) is 4.99 Å². The average molecular weight is 423 g/mol. The van der Waals surface area contributed by atoms with Crippen LogP contribution in [0.1, 0.15) is 52.4 Å². The summed E-state index contributed by atoms with van der Waals surface area (Å²) in [6.07, 6.45) is 7.68. The molecule has 1 heterocycles. The van der Waals surface area contributed by atoms with Gasteiger partial charge in [0.25, 0.3) is 0 Å². The van der Waals surface area contributed by atoms with Crippen LogP contribution in [0.25, 0.3) is 0 Å². The van der Waals surface area contributed by atoms with E-state index in [-0.39, 0.29) is 24.0 Å². The minimum atomic E-state index is 0. The Bertz CT molecular complexity index is 332. The van der Waals surface area contributed by atoms with Crippen LogP contribution >= 0.6 is 24.0 Å². The lowest BCUT2D eigenvalue weighted by atomic mass is 9.96. The third kappa shape index (κ3) is 6.60. The van der Waals surface area contributed by atoms with E-state index in [2.05, 4.69) is 36.1 Å². The molecule has 0 aromatic carbocycles. The molecular weight excluding hydrogens is 389 g/mol. The van der Waals surface area contributed by atoms with Gasteiger partial charge in [-0.25, -0.2) is 0 Å². The lowest BCUT2D eigenvalue weighted by molar-refractivity contribution is 0.0625. The normalized spacial score (nSPS) is 25.5. The molecule has 1 aliphatic carbocycles. The number of nitrogens with zero attached hydrogens (tertiary/aromatic N) is 2. The quantitative estimate of drug-likeness (QED) is 0.387. The highest BCUT2D eigenvalue weighted by molar-refractivity contribution is 14.0. The highest BCUT2D eigenvalue weighted by atomic mass is 127. The molecule has 2 atom stereocenters. The number of hydrogen-bond acceptors (Lipinski definition) is 2. The summed E-state index contributed by atoms with van der Waals surface area (Å²) >= 11 is 0. The van der Waals surface area contributed by atoms with Crippen molar-refractivity contribution in [3.8, 4) is 0 Å². The van der Waals surface area contributed by atoms with E-state index in [0.29, 0.717) is 6.04 Å². The molecule has 4 nitrogen and oxygen atoms in total. The number of hydrogen-bond donors (Lipinski definition) is 1. The minimum absolute atomic E-state index is 0. The summed E-state index contributed by atoms with van der Waals surface area (Å²) in [6, 6.07) is 0.667. The molecule has 0 spiro atoms. The van der Waals surface area contributed by atoms with E-state index in [4.69, 9.17) is 4.74 Å². The molecule has 0 aromatic heterocycles. The van der Waals surface area contributed by atoms with E-state index in [1.54, 1.807) is 0 Å². The Labute approximate surface area is 153 Å². The third-order valence-electron chi connectivity index (χ3n) is 4.78. The van der Waals surface area contributed by atoms with Crippen molar-refractivity contribution in [2.24, 2.45) is 16.8 Å². The van der Waals surface area contributed by atoms with E-state index in [9.17, 15) is 0 Å². The van der Waals surface area contributed by atoms with Gasteiger partial charge in [-0.15, -0.1) is 24.0 Å². The zero-order valence-corrected chi connectivity index (χ0v) is 16.8. The van der Waals surface area contributed by atoms with Crippen LogP contribution in [0.15, 0.2) is 4.99 Å². The average Bonchev–Trinajstić information content (AvgIpc) is 3.24. The van der Waals surface area contributed by atoms with Crippen molar-refractivity contribution in [1.82, 2.24) is 10.2 Å². The van der Waals surface area contributed by atoms with Gasteiger partial charge in [0.05, 0.1) is 0 Å². The highest BCUT2D eigenvalue weighted by Crippen LogP contribution is 2.34. The smallest absolute Gasteiger partial charge is 0.193 e. The summed E-state index contributed by atoms with van der Waals surface area (Å²) in [7, 11) is 2.18. The molecule has 1 aliphatic heterocycles. The van der Waals surface area contributed by atoms with Crippen LogP contribution in [-0.2, 0) is 4.74 Å². The van der Waals surface area contributed by atoms with Crippen LogP contribution in [0.5, 0.6) is 0 Å². The molecular formula is C17H34IN3O. The molecule has 2 aliphatic rings. The number of rotatable bonds is 7. The van der Waals surface area contributed by atoms with Gasteiger partial charge in [0.15, 0.2) is 5.96 Å². The summed E-state index contributed by atoms with van der Waals surface area (Å²) in [5, 5.41) is 3.67. The summed E-state index contributed by atoms with van der Waals surface area (Å²) < 4.78 is 5.44. The Kier molecular flexibility index (Phi) is 9.71. The molecule has 0 bridgehead atoms. The van der Waals surface area contributed by atoms with Crippen molar-refractivity contribution >= 4 is 29.9 Å². The van der Waals surface area contributed by atoms with Crippen LogP contribution < -0.4 is 5.32 Å². The molecule has 130 valence electrons. The standard InChI is InChI=1S/C17H33N3O.HI/c1-4-6-15-13-16(15)19-17(18-5-2)20(3)10-7-14-8-11-21-12-9-14;/h14-16H,4-13H2,1-3H3,(H,18,19);1H. The van der Waals surface area contributed by atoms with Crippen LogP contribution in [0, 0.1) is 11.8 Å². The van der Waals surface area contributed by atoms with Crippen molar-refractivity contribution in [1.29, 1.82) is 0 Å². The Morgan fingerprint density at radius 1 is 1.23 bits per heavy atom. The Morgan fingerprint density at radius 2 is 1.95 bits per heavy atom. The molecule has 2 rings (SSSR count). The van der Waals surface area contributed by atoms with Crippen LogP contribution in [0.4, 0.5) is 0 Å². The molecule has 22 heavy (non-hydrogen) atoms. The summed E-state index contributed by atoms with van der Waals surface area (Å²) in [5.41, 5.74) is 0. The first kappa shape index (κ1) is 20.0. The maximum atomic E-state index is 5.44. The van der Waals surface area contributed by atoms with Gasteiger partial charge in [-0.2, -0.15) is 0 Å². The number of ether oxygens (including phenoxy) is 1. The third-order valence-corrected chi connectivity index (χ3v) is 4.78. The largest absolute Gasteiger partial charge is 0.381 e. The zero-order chi connectivity index (χ0) is 15.1. The van der Waals surface area contributed by atoms with Gasteiger partial charge in [0.1, 0.15) is 0 Å². The monoisotopic (exact) mass is 423 g/mol. The summed E-state index contributed by atoms with van der Waals surface area (Å²) in [5.74, 6) is 2.81. The number of nitrogens with one attached hydrogen (secondary N) is 1. The van der Waals surface area contributed by atoms with Crippen LogP contribution in [-0.4, -0.2) is 50.3 Å². The van der Waals surface area contributed by atoms with Crippen LogP contribution in [0.3, 0.4) is 0 Å². The fourth-order valence-electron chi connectivity index (χ4n) is 3.22. The highest BCUT2D eigenvalue weighted by Gasteiger charge is 2.37. The SMILES string of the molecule is CCCC1CC1NC(=NCC)N(C)CCC1CCOCC1.I. The maximum Gasteiger partial charge on any atom is 0.193 e. The van der Waals surface area contributed by atoms with E-state index >= 15 is 0 Å². The van der Waals surface area contributed by atoms with Crippen molar-refractivity contribution in [3.63, 3.8) is 0 Å². The van der Waals surface area contributed by atoms with Gasteiger partial charge in [0.2, 0.25) is 0 Å². The first-order chi connectivity index (χ1) is 10.2. The molecule has 2 fully saturated rings. The van der Waals surface area contributed by atoms with Gasteiger partial charge in [-0.05, 0) is 50.9 Å². The maximum absolute atomic E-state index is 5.44. The van der Waals surface area contributed by atoms with Gasteiger partial charge < -0.3 is 15.0 Å². The first-order valence-corrected chi connectivity index (χ1v) is 8.84. The van der Waals surface area contributed by atoms with Crippen molar-refractivity contribution < 1.29 is 4.74 Å². The molecule has 0 radical (unpaired) electrons. The molecule has 1 N–H and O–H groups in total. The van der Waals surface area contributed by atoms with Gasteiger partial charge >= 0.3 is 0 Å². The number of guanidine groups is 1. The Morgan fingerprint density at radius 3 is 2.59 bits per heavy atom. The van der Waals surface area contributed by atoms with Gasteiger partial charge in [-0.1, -0.05) is 13.3 Å². The summed E-state index contributed by atoms with van der Waals surface area (Å²) in [6.45, 7) is 8.24. The van der Waals surface area contributed by atoms with Crippen molar-refractivity contribution in [3.05, 3.63) is 0 Å². The zero-order valence-electron chi connectivity index (χ0n) is 14.5. The fraction of sp³-hybridized carbons (Fsp3) is 0.941. The molecule has 0 amide bonds. The molecule has 5 heteroatoms. The second-order valence-corrected chi connectivity index (χ2v) is 6.60. The lowest BCUT2D eigenvalue weighted by Gasteiger charge is -2.27. The summed E-state index contributed by atoms with van der Waals surface area (Å²) in [4.78, 5) is 6.99. The topological polar surface area (TPSA) is 36.9 Å². The van der Waals surface area contributed by atoms with E-state index in [1.807, 2.05) is 0 Å². The van der Waals surface area contributed by atoms with E-state index in [0.717, 1.165) is 44.1 Å². The minimum Gasteiger partial charge on any atom is -0.381 e. The predicted octanol–water partition coefficient (Wildman–Crippen LogP) is 3.51. The second-order valence-electron chi connectivity index (χ2n) is 6.60. The van der Waals surface area contributed by atoms with Crippen molar-refractivity contribution in [2.75, 3.05) is 33.4 Å². The predicted molar refractivity (Wildman–Crippen MR) is 104 cm³/mol. The Hall–Kier alpha value is -0.0400. The lowest BCUT2D eigenvalue weighted by Crippen LogP contribution is -2.41. The van der Waals surface area contributed by atoms with E-state index in [1.165, 1.54) is 38.5 Å². The first-order valence-electron chi connectivity index (χ1n) is 8.84. The molecule has 1 saturated carbocycles. The molecule has 0 aromatic rings. The van der Waals surface area contributed by atoms with E-state index < -0.39 is 0 Å².